The first-order valence-electron chi connectivity index (χ1n) is 8.40. The van der Waals surface area contributed by atoms with E-state index in [-0.39, 0.29) is 24.0 Å². The molecule has 2 aromatic rings. The van der Waals surface area contributed by atoms with Crippen LogP contribution in [0.5, 0.6) is 0 Å². The van der Waals surface area contributed by atoms with Crippen LogP contribution in [0.1, 0.15) is 45.8 Å². The first-order chi connectivity index (χ1) is 13.0. The second kappa shape index (κ2) is 9.78. The molecule has 0 N–H and O–H groups in total. The van der Waals surface area contributed by atoms with Crippen molar-refractivity contribution in [2.75, 3.05) is 20.3 Å². The topological polar surface area (TPSA) is 79.7 Å². The lowest BCUT2D eigenvalue weighted by molar-refractivity contribution is 0.0512. The third-order valence-electron chi connectivity index (χ3n) is 3.53. The molecular weight excluding hydrogens is 372 g/mol. The number of carbonyl (C=O) groups excluding carboxylic acids is 2. The summed E-state index contributed by atoms with van der Waals surface area (Å²) in [4.78, 5) is 24.1. The molecule has 0 radical (unpaired) electrons. The molecular formula is C19H21ClN2O5. The largest absolute Gasteiger partial charge is 0.504 e. The number of esters is 2. The van der Waals surface area contributed by atoms with Gasteiger partial charge in [0.2, 0.25) is 0 Å². The fraction of sp³-hybridized carbons (Fsp3) is 0.316. The van der Waals surface area contributed by atoms with E-state index in [0.717, 1.165) is 5.56 Å². The Labute approximate surface area is 162 Å². The van der Waals surface area contributed by atoms with E-state index in [1.54, 1.807) is 38.1 Å². The highest BCUT2D eigenvalue weighted by Crippen LogP contribution is 2.24. The fourth-order valence-electron chi connectivity index (χ4n) is 2.38. The molecule has 1 aromatic carbocycles. The summed E-state index contributed by atoms with van der Waals surface area (Å²) < 4.78 is 16.4. The maximum Gasteiger partial charge on any atom is 0.359 e. The van der Waals surface area contributed by atoms with Crippen LogP contribution in [-0.4, -0.2) is 42.0 Å². The average Bonchev–Trinajstić information content (AvgIpc) is 2.96. The van der Waals surface area contributed by atoms with E-state index in [1.165, 1.54) is 18.1 Å². The van der Waals surface area contributed by atoms with Crippen LogP contribution in [-0.2, 0) is 20.8 Å². The number of methoxy groups -OCH3 is 1. The molecule has 0 aliphatic heterocycles. The Morgan fingerprint density at radius 1 is 1.19 bits per heavy atom. The number of nitrogens with zero attached hydrogens (tertiary/aromatic N) is 2. The summed E-state index contributed by atoms with van der Waals surface area (Å²) in [5.74, 6) is -0.976. The Hall–Kier alpha value is -2.80. The minimum absolute atomic E-state index is 0.0942. The van der Waals surface area contributed by atoms with E-state index in [2.05, 4.69) is 5.10 Å². The summed E-state index contributed by atoms with van der Waals surface area (Å²) in [6, 6.07) is 6.94. The van der Waals surface area contributed by atoms with Crippen LogP contribution in [0.4, 0.5) is 0 Å². The molecule has 0 unspecified atom stereocenters. The third-order valence-corrected chi connectivity index (χ3v) is 3.93. The van der Waals surface area contributed by atoms with Crippen molar-refractivity contribution in [3.63, 3.8) is 0 Å². The number of carbonyl (C=O) groups is 2. The summed E-state index contributed by atoms with van der Waals surface area (Å²) in [6.07, 6.45) is 2.95. The first kappa shape index (κ1) is 20.5. The van der Waals surface area contributed by atoms with Crippen LogP contribution in [0.15, 0.2) is 30.5 Å². The van der Waals surface area contributed by atoms with Crippen LogP contribution in [0.25, 0.3) is 6.08 Å². The lowest BCUT2D eigenvalue weighted by Gasteiger charge is -2.06. The molecule has 0 saturated carbocycles. The molecule has 0 aliphatic rings. The number of aromatic nitrogens is 2. The van der Waals surface area contributed by atoms with Crippen molar-refractivity contribution in [1.29, 1.82) is 0 Å². The van der Waals surface area contributed by atoms with Gasteiger partial charge in [0.1, 0.15) is 5.15 Å². The summed E-state index contributed by atoms with van der Waals surface area (Å²) >= 11 is 6.41. The van der Waals surface area contributed by atoms with Crippen molar-refractivity contribution in [3.05, 3.63) is 58.1 Å². The van der Waals surface area contributed by atoms with E-state index >= 15 is 0 Å². The zero-order valence-electron chi connectivity index (χ0n) is 15.4. The molecule has 0 amide bonds. The molecule has 0 atom stereocenters. The molecule has 27 heavy (non-hydrogen) atoms. The minimum atomic E-state index is -0.575. The molecule has 1 heterocycles. The van der Waals surface area contributed by atoms with Crippen LogP contribution < -0.4 is 0 Å². The number of halogens is 1. The SMILES string of the molecule is CCOC(=O)c1cccc(Cn2nc(C(=O)OCC)c(C=COC)c2Cl)c1. The van der Waals surface area contributed by atoms with Crippen LogP contribution in [0.2, 0.25) is 5.15 Å². The van der Waals surface area contributed by atoms with Crippen molar-refractivity contribution in [1.82, 2.24) is 9.78 Å². The summed E-state index contributed by atoms with van der Waals surface area (Å²) in [5, 5.41) is 4.53. The standard InChI is InChI=1S/C19H21ClN2O5/c1-4-26-18(23)14-8-6-7-13(11-14)12-22-17(20)15(9-10-25-3)16(21-22)19(24)27-5-2/h6-11H,4-5,12H2,1-3H3. The van der Waals surface area contributed by atoms with Gasteiger partial charge in [0.15, 0.2) is 5.69 Å². The van der Waals surface area contributed by atoms with Gasteiger partial charge in [-0.25, -0.2) is 14.3 Å². The van der Waals surface area contributed by atoms with Gasteiger partial charge in [-0.1, -0.05) is 23.7 Å². The number of ether oxygens (including phenoxy) is 3. The molecule has 2 rings (SSSR count). The van der Waals surface area contributed by atoms with Crippen LogP contribution >= 0.6 is 11.6 Å². The lowest BCUT2D eigenvalue weighted by atomic mass is 10.1. The highest BCUT2D eigenvalue weighted by molar-refractivity contribution is 6.31. The van der Waals surface area contributed by atoms with Gasteiger partial charge >= 0.3 is 11.9 Å². The number of hydrogen-bond acceptors (Lipinski definition) is 6. The van der Waals surface area contributed by atoms with Crippen molar-refractivity contribution in [3.8, 4) is 0 Å². The van der Waals surface area contributed by atoms with E-state index in [4.69, 9.17) is 25.8 Å². The summed E-state index contributed by atoms with van der Waals surface area (Å²) in [5.41, 5.74) is 1.71. The fourth-order valence-corrected chi connectivity index (χ4v) is 2.63. The van der Waals surface area contributed by atoms with Crippen LogP contribution in [0, 0.1) is 0 Å². The zero-order chi connectivity index (χ0) is 19.8. The predicted octanol–water partition coefficient (Wildman–Crippen LogP) is 3.56. The van der Waals surface area contributed by atoms with Gasteiger partial charge in [-0.15, -0.1) is 0 Å². The number of rotatable bonds is 8. The van der Waals surface area contributed by atoms with Gasteiger partial charge in [-0.3, -0.25) is 0 Å². The molecule has 0 saturated heterocycles. The zero-order valence-corrected chi connectivity index (χ0v) is 16.2. The Morgan fingerprint density at radius 2 is 1.89 bits per heavy atom. The van der Waals surface area contributed by atoms with Crippen LogP contribution in [0.3, 0.4) is 0 Å². The van der Waals surface area contributed by atoms with Crippen molar-refractivity contribution in [2.24, 2.45) is 0 Å². The maximum atomic E-state index is 12.2. The van der Waals surface area contributed by atoms with Gasteiger partial charge in [-0.05, 0) is 37.6 Å². The Bertz CT molecular complexity index is 845. The first-order valence-corrected chi connectivity index (χ1v) is 8.78. The summed E-state index contributed by atoms with van der Waals surface area (Å²) in [7, 11) is 1.49. The van der Waals surface area contributed by atoms with Gasteiger partial charge in [0.25, 0.3) is 0 Å². The molecule has 0 bridgehead atoms. The third kappa shape index (κ3) is 5.10. The Balaban J connectivity index is 2.36. The number of benzene rings is 1. The van der Waals surface area contributed by atoms with E-state index in [0.29, 0.717) is 17.7 Å². The minimum Gasteiger partial charge on any atom is -0.504 e. The highest BCUT2D eigenvalue weighted by Gasteiger charge is 2.22. The van der Waals surface area contributed by atoms with Gasteiger partial charge in [-0.2, -0.15) is 5.10 Å². The monoisotopic (exact) mass is 392 g/mol. The predicted molar refractivity (Wildman–Crippen MR) is 101 cm³/mol. The van der Waals surface area contributed by atoms with Crippen molar-refractivity contribution in [2.45, 2.75) is 20.4 Å². The second-order valence-corrected chi connectivity index (χ2v) is 5.75. The molecule has 0 aliphatic carbocycles. The van der Waals surface area contributed by atoms with Gasteiger partial charge < -0.3 is 14.2 Å². The van der Waals surface area contributed by atoms with Crippen molar-refractivity contribution >= 4 is 29.6 Å². The maximum absolute atomic E-state index is 12.2. The van der Waals surface area contributed by atoms with E-state index in [9.17, 15) is 9.59 Å². The molecule has 7 nitrogen and oxygen atoms in total. The van der Waals surface area contributed by atoms with Gasteiger partial charge in [0.05, 0.1) is 38.7 Å². The van der Waals surface area contributed by atoms with E-state index < -0.39 is 11.9 Å². The highest BCUT2D eigenvalue weighted by atomic mass is 35.5. The molecule has 0 spiro atoms. The molecule has 8 heteroatoms. The summed E-state index contributed by atoms with van der Waals surface area (Å²) in [6.45, 7) is 4.24. The quantitative estimate of drug-likeness (QED) is 0.505. The van der Waals surface area contributed by atoms with Gasteiger partial charge in [0, 0.05) is 5.56 Å². The molecule has 1 aromatic heterocycles. The lowest BCUT2D eigenvalue weighted by Crippen LogP contribution is -2.09. The van der Waals surface area contributed by atoms with Crippen molar-refractivity contribution < 1.29 is 23.8 Å². The Kier molecular flexibility index (Phi) is 7.43. The number of hydrogen-bond donors (Lipinski definition) is 0. The molecule has 0 fully saturated rings. The van der Waals surface area contributed by atoms with E-state index in [1.807, 2.05) is 6.07 Å². The molecule has 144 valence electrons. The Morgan fingerprint density at radius 3 is 2.56 bits per heavy atom. The average molecular weight is 393 g/mol. The second-order valence-electron chi connectivity index (χ2n) is 5.39. The normalized spacial score (nSPS) is 10.8. The smallest absolute Gasteiger partial charge is 0.359 e.